The minimum Gasteiger partial charge on any atom is -0.0882 e. The Labute approximate surface area is 83.0 Å². The first-order valence-corrected chi connectivity index (χ1v) is 5.27. The molecule has 0 aromatic heterocycles. The van der Waals surface area contributed by atoms with Gasteiger partial charge in [0.1, 0.15) is 0 Å². The molecule has 0 atom stereocenters. The van der Waals surface area contributed by atoms with Crippen molar-refractivity contribution >= 4 is 0 Å². The number of allylic oxidation sites excluding steroid dienone is 5. The van der Waals surface area contributed by atoms with Crippen molar-refractivity contribution in [1.82, 2.24) is 0 Å². The van der Waals surface area contributed by atoms with Crippen LogP contribution < -0.4 is 0 Å². The Morgan fingerprint density at radius 2 is 1.85 bits per heavy atom. The van der Waals surface area contributed by atoms with E-state index in [1.807, 2.05) is 6.08 Å². The first-order chi connectivity index (χ1) is 6.41. The summed E-state index contributed by atoms with van der Waals surface area (Å²) in [7, 11) is 0. The van der Waals surface area contributed by atoms with E-state index < -0.39 is 0 Å². The Kier molecular flexibility index (Phi) is 10.5. The van der Waals surface area contributed by atoms with Crippen LogP contribution in [0.1, 0.15) is 45.4 Å². The van der Waals surface area contributed by atoms with Gasteiger partial charge in [-0.05, 0) is 19.3 Å². The van der Waals surface area contributed by atoms with Gasteiger partial charge in [0.2, 0.25) is 0 Å². The van der Waals surface area contributed by atoms with E-state index in [0.29, 0.717) is 0 Å². The van der Waals surface area contributed by atoms with Gasteiger partial charge in [0.15, 0.2) is 0 Å². The molecule has 0 amide bonds. The second-order valence-corrected chi connectivity index (χ2v) is 3.18. The van der Waals surface area contributed by atoms with Crippen LogP contribution in [-0.4, -0.2) is 0 Å². The number of hydrogen-bond acceptors (Lipinski definition) is 0. The molecule has 1 radical (unpaired) electrons. The number of hydrogen-bond donors (Lipinski definition) is 0. The average molecular weight is 177 g/mol. The third-order valence-electron chi connectivity index (χ3n) is 1.91. The fraction of sp³-hybridized carbons (Fsp3) is 0.538. The summed E-state index contributed by atoms with van der Waals surface area (Å²) in [6.07, 6.45) is 17.6. The monoisotopic (exact) mass is 177 g/mol. The molecule has 0 unspecified atom stereocenters. The maximum atomic E-state index is 5.19. The normalized spacial score (nSPS) is 11.5. The maximum absolute atomic E-state index is 5.19. The van der Waals surface area contributed by atoms with Crippen LogP contribution >= 0.6 is 0 Å². The Hall–Kier alpha value is -0.780. The fourth-order valence-electron chi connectivity index (χ4n) is 1.14. The highest BCUT2D eigenvalue weighted by Crippen LogP contribution is 2.03. The highest BCUT2D eigenvalue weighted by molar-refractivity contribution is 4.99. The smallest absolute Gasteiger partial charge is 0.0166 e. The van der Waals surface area contributed by atoms with Crippen molar-refractivity contribution < 1.29 is 0 Å². The van der Waals surface area contributed by atoms with Crippen LogP contribution in [0.15, 0.2) is 30.4 Å². The molecule has 0 aliphatic carbocycles. The zero-order chi connectivity index (χ0) is 9.78. The van der Waals surface area contributed by atoms with Crippen molar-refractivity contribution in [3.8, 4) is 0 Å². The average Bonchev–Trinajstić information content (AvgIpc) is 2.16. The lowest BCUT2D eigenvalue weighted by Gasteiger charge is -1.93. The second-order valence-electron chi connectivity index (χ2n) is 3.18. The van der Waals surface area contributed by atoms with Gasteiger partial charge in [-0.3, -0.25) is 0 Å². The van der Waals surface area contributed by atoms with Gasteiger partial charge in [0.05, 0.1) is 0 Å². The third kappa shape index (κ3) is 11.2. The molecule has 13 heavy (non-hydrogen) atoms. The standard InChI is InChI=1S/C13H21/c1-3-5-7-9-11-13-12-10-8-6-4-2/h1,3,5,7,11,13H,4,6,8-10,12H2,2H3. The summed E-state index contributed by atoms with van der Waals surface area (Å²) in [5.74, 6) is 0. The van der Waals surface area contributed by atoms with Crippen molar-refractivity contribution in [1.29, 1.82) is 0 Å². The van der Waals surface area contributed by atoms with E-state index in [0.717, 1.165) is 6.42 Å². The lowest BCUT2D eigenvalue weighted by molar-refractivity contribution is 0.674. The number of unbranched alkanes of at least 4 members (excludes halogenated alkanes) is 4. The molecule has 0 aromatic carbocycles. The van der Waals surface area contributed by atoms with E-state index in [9.17, 15) is 0 Å². The molecular weight excluding hydrogens is 156 g/mol. The Balaban J connectivity index is 3.12. The van der Waals surface area contributed by atoms with Crippen LogP contribution in [0.4, 0.5) is 0 Å². The van der Waals surface area contributed by atoms with Crippen LogP contribution in [0.3, 0.4) is 0 Å². The zero-order valence-electron chi connectivity index (χ0n) is 8.71. The molecule has 0 aliphatic rings. The van der Waals surface area contributed by atoms with Crippen molar-refractivity contribution in [2.45, 2.75) is 45.4 Å². The van der Waals surface area contributed by atoms with Gasteiger partial charge < -0.3 is 0 Å². The Morgan fingerprint density at radius 3 is 2.54 bits per heavy atom. The molecule has 0 fully saturated rings. The molecule has 73 valence electrons. The molecule has 0 saturated heterocycles. The maximum Gasteiger partial charge on any atom is -0.0166 e. The molecule has 0 heterocycles. The van der Waals surface area contributed by atoms with Gasteiger partial charge in [0.25, 0.3) is 0 Å². The first-order valence-electron chi connectivity index (χ1n) is 5.27. The number of rotatable bonds is 8. The minimum atomic E-state index is 1.00. The van der Waals surface area contributed by atoms with Gasteiger partial charge in [-0.2, -0.15) is 0 Å². The van der Waals surface area contributed by atoms with Crippen LogP contribution in [0.2, 0.25) is 0 Å². The SMILES string of the molecule is [CH]=CC=CCC=CCCCCCC. The van der Waals surface area contributed by atoms with E-state index in [2.05, 4.69) is 25.2 Å². The summed E-state index contributed by atoms with van der Waals surface area (Å²) in [4.78, 5) is 0. The van der Waals surface area contributed by atoms with Gasteiger partial charge in [-0.1, -0.05) is 63.1 Å². The summed E-state index contributed by atoms with van der Waals surface area (Å²) < 4.78 is 0. The molecule has 0 N–H and O–H groups in total. The molecule has 0 bridgehead atoms. The van der Waals surface area contributed by atoms with E-state index in [1.165, 1.54) is 32.1 Å². The molecule has 0 spiro atoms. The van der Waals surface area contributed by atoms with E-state index in [-0.39, 0.29) is 0 Å². The lowest BCUT2D eigenvalue weighted by Crippen LogP contribution is -1.73. The molecule has 0 aliphatic heterocycles. The highest BCUT2D eigenvalue weighted by atomic mass is 13.9. The summed E-state index contributed by atoms with van der Waals surface area (Å²) in [6, 6.07) is 0. The zero-order valence-corrected chi connectivity index (χ0v) is 8.71. The molecular formula is C13H21. The Bertz CT molecular complexity index is 151. The lowest BCUT2D eigenvalue weighted by atomic mass is 10.1. The van der Waals surface area contributed by atoms with Crippen LogP contribution in [0.25, 0.3) is 0 Å². The van der Waals surface area contributed by atoms with Gasteiger partial charge in [-0.25, -0.2) is 0 Å². The molecule has 0 heteroatoms. The summed E-state index contributed by atoms with van der Waals surface area (Å²) >= 11 is 0. The largest absolute Gasteiger partial charge is 0.0882 e. The highest BCUT2D eigenvalue weighted by Gasteiger charge is 1.83. The van der Waals surface area contributed by atoms with Crippen molar-refractivity contribution in [3.63, 3.8) is 0 Å². The van der Waals surface area contributed by atoms with Crippen LogP contribution in [0, 0.1) is 6.58 Å². The van der Waals surface area contributed by atoms with E-state index in [1.54, 1.807) is 6.08 Å². The Morgan fingerprint density at radius 1 is 1.00 bits per heavy atom. The van der Waals surface area contributed by atoms with Crippen molar-refractivity contribution in [3.05, 3.63) is 37.0 Å². The molecule has 0 nitrogen and oxygen atoms in total. The second kappa shape index (κ2) is 11.2. The quantitative estimate of drug-likeness (QED) is 0.292. The summed E-state index contributed by atoms with van der Waals surface area (Å²) in [5, 5.41) is 0. The minimum absolute atomic E-state index is 1.00. The topological polar surface area (TPSA) is 0 Å². The molecule has 0 rings (SSSR count). The summed E-state index contributed by atoms with van der Waals surface area (Å²) in [6.45, 7) is 7.43. The first kappa shape index (κ1) is 12.2. The van der Waals surface area contributed by atoms with E-state index in [4.69, 9.17) is 6.58 Å². The van der Waals surface area contributed by atoms with Crippen molar-refractivity contribution in [2.24, 2.45) is 0 Å². The molecule has 0 saturated carbocycles. The predicted octanol–water partition coefficient (Wildman–Crippen LogP) is 4.45. The third-order valence-corrected chi connectivity index (χ3v) is 1.91. The molecule has 0 aromatic rings. The summed E-state index contributed by atoms with van der Waals surface area (Å²) in [5.41, 5.74) is 0. The van der Waals surface area contributed by atoms with Gasteiger partial charge in [0, 0.05) is 0 Å². The fourth-order valence-corrected chi connectivity index (χ4v) is 1.14. The van der Waals surface area contributed by atoms with E-state index >= 15 is 0 Å². The van der Waals surface area contributed by atoms with Gasteiger partial charge >= 0.3 is 0 Å². The van der Waals surface area contributed by atoms with Crippen LogP contribution in [0.5, 0.6) is 0 Å². The van der Waals surface area contributed by atoms with Gasteiger partial charge in [-0.15, -0.1) is 0 Å². The van der Waals surface area contributed by atoms with Crippen molar-refractivity contribution in [2.75, 3.05) is 0 Å². The predicted molar refractivity (Wildman–Crippen MR) is 60.5 cm³/mol. The van der Waals surface area contributed by atoms with Crippen LogP contribution in [-0.2, 0) is 0 Å².